The topological polar surface area (TPSA) is 67.4 Å². The summed E-state index contributed by atoms with van der Waals surface area (Å²) in [5.74, 6) is -0.215. The van der Waals surface area contributed by atoms with Crippen molar-refractivity contribution in [2.24, 2.45) is 0 Å². The molecule has 23 heavy (non-hydrogen) atoms. The van der Waals surface area contributed by atoms with E-state index in [4.69, 9.17) is 4.74 Å². The number of unbranched alkanes of at least 4 members (excludes halogenated alkanes) is 1. The Morgan fingerprint density at radius 1 is 0.957 bits per heavy atom. The van der Waals surface area contributed by atoms with Gasteiger partial charge in [-0.2, -0.15) is 0 Å². The fourth-order valence-electron chi connectivity index (χ4n) is 1.91. The van der Waals surface area contributed by atoms with Crippen LogP contribution in [0.25, 0.3) is 0 Å². The van der Waals surface area contributed by atoms with Crippen LogP contribution in [0, 0.1) is 0 Å². The Morgan fingerprint density at radius 2 is 1.65 bits per heavy atom. The minimum atomic E-state index is -0.704. The Bertz CT molecular complexity index is 656. The number of carbonyl (C=O) groups excluding carboxylic acids is 2. The van der Waals surface area contributed by atoms with E-state index in [1.165, 1.54) is 0 Å². The molecule has 0 heterocycles. The van der Waals surface area contributed by atoms with Crippen LogP contribution in [0.2, 0.25) is 0 Å². The third-order valence-electron chi connectivity index (χ3n) is 3.13. The molecular weight excluding hydrogens is 292 g/mol. The minimum Gasteiger partial charge on any atom is -0.455 e. The Kier molecular flexibility index (Phi) is 6.17. The average Bonchev–Trinajstić information content (AvgIpc) is 2.57. The molecule has 0 fully saturated rings. The van der Waals surface area contributed by atoms with Gasteiger partial charge < -0.3 is 15.4 Å². The molecule has 5 nitrogen and oxygen atoms in total. The lowest BCUT2D eigenvalue weighted by Crippen LogP contribution is -2.35. The highest BCUT2D eigenvalue weighted by Gasteiger charge is 2.15. The van der Waals surface area contributed by atoms with Crippen molar-refractivity contribution in [1.82, 2.24) is 5.32 Å². The van der Waals surface area contributed by atoms with Gasteiger partial charge in [0.2, 0.25) is 0 Å². The molecule has 0 saturated heterocycles. The van der Waals surface area contributed by atoms with Gasteiger partial charge in [-0.1, -0.05) is 43.7 Å². The number of carbonyl (C=O) groups is 2. The first-order valence-electron chi connectivity index (χ1n) is 7.62. The van der Waals surface area contributed by atoms with Crippen molar-refractivity contribution < 1.29 is 14.3 Å². The molecule has 2 amide bonds. The van der Waals surface area contributed by atoms with Gasteiger partial charge in [-0.05, 0) is 30.7 Å². The molecule has 0 aliphatic rings. The molecule has 0 aliphatic carbocycles. The molecule has 0 aliphatic heterocycles. The normalized spacial score (nSPS) is 9.96. The Labute approximate surface area is 135 Å². The standard InChI is InChI=1S/C18H20N2O3/c1-2-3-13-19-17(21)18(22)20-15-11-7-8-12-16(15)23-14-9-5-4-6-10-14/h4-12H,2-3,13H2,1H3,(H,19,21)(H,20,22). The molecule has 2 rings (SSSR count). The molecule has 0 radical (unpaired) electrons. The van der Waals surface area contributed by atoms with Gasteiger partial charge in [-0.25, -0.2) is 0 Å². The van der Waals surface area contributed by atoms with E-state index >= 15 is 0 Å². The lowest BCUT2D eigenvalue weighted by atomic mass is 10.2. The van der Waals surface area contributed by atoms with Gasteiger partial charge in [0.1, 0.15) is 5.75 Å². The monoisotopic (exact) mass is 312 g/mol. The van der Waals surface area contributed by atoms with Crippen LogP contribution in [0.4, 0.5) is 5.69 Å². The summed E-state index contributed by atoms with van der Waals surface area (Å²) in [7, 11) is 0. The number of anilines is 1. The summed E-state index contributed by atoms with van der Waals surface area (Å²) >= 11 is 0. The number of benzene rings is 2. The molecule has 0 saturated carbocycles. The second-order valence-electron chi connectivity index (χ2n) is 4.97. The van der Waals surface area contributed by atoms with Crippen molar-refractivity contribution in [3.05, 3.63) is 54.6 Å². The van der Waals surface area contributed by atoms with E-state index in [-0.39, 0.29) is 0 Å². The lowest BCUT2D eigenvalue weighted by Gasteiger charge is -2.12. The molecule has 0 bridgehead atoms. The highest BCUT2D eigenvalue weighted by Crippen LogP contribution is 2.28. The number of nitrogens with one attached hydrogen (secondary N) is 2. The van der Waals surface area contributed by atoms with E-state index in [1.807, 2.05) is 37.3 Å². The number of hydrogen-bond acceptors (Lipinski definition) is 3. The van der Waals surface area contributed by atoms with Crippen LogP contribution >= 0.6 is 0 Å². The highest BCUT2D eigenvalue weighted by molar-refractivity contribution is 6.39. The third-order valence-corrected chi connectivity index (χ3v) is 3.13. The van der Waals surface area contributed by atoms with Crippen LogP contribution in [-0.4, -0.2) is 18.4 Å². The van der Waals surface area contributed by atoms with E-state index < -0.39 is 11.8 Å². The molecule has 2 aromatic carbocycles. The molecule has 0 spiro atoms. The summed E-state index contributed by atoms with van der Waals surface area (Å²) in [5.41, 5.74) is 0.451. The van der Waals surface area contributed by atoms with Crippen LogP contribution in [-0.2, 0) is 9.59 Å². The van der Waals surface area contributed by atoms with E-state index in [2.05, 4.69) is 10.6 Å². The van der Waals surface area contributed by atoms with Crippen molar-refractivity contribution in [3.8, 4) is 11.5 Å². The molecule has 0 aromatic heterocycles. The number of amides is 2. The van der Waals surface area contributed by atoms with E-state index in [0.29, 0.717) is 23.7 Å². The second-order valence-corrected chi connectivity index (χ2v) is 4.97. The van der Waals surface area contributed by atoms with Crippen molar-refractivity contribution in [2.45, 2.75) is 19.8 Å². The van der Waals surface area contributed by atoms with Crippen molar-refractivity contribution >= 4 is 17.5 Å². The molecule has 2 aromatic rings. The smallest absolute Gasteiger partial charge is 0.313 e. The molecule has 2 N–H and O–H groups in total. The maximum Gasteiger partial charge on any atom is 0.313 e. The van der Waals surface area contributed by atoms with Gasteiger partial charge >= 0.3 is 11.8 Å². The first-order valence-corrected chi connectivity index (χ1v) is 7.62. The summed E-state index contributed by atoms with van der Waals surface area (Å²) in [5, 5.41) is 5.16. The summed E-state index contributed by atoms with van der Waals surface area (Å²) < 4.78 is 5.74. The van der Waals surface area contributed by atoms with Crippen molar-refractivity contribution in [1.29, 1.82) is 0 Å². The van der Waals surface area contributed by atoms with Gasteiger partial charge in [-0.3, -0.25) is 9.59 Å². The van der Waals surface area contributed by atoms with Crippen LogP contribution in [0.5, 0.6) is 11.5 Å². The van der Waals surface area contributed by atoms with E-state index in [0.717, 1.165) is 12.8 Å². The van der Waals surface area contributed by atoms with Gasteiger partial charge in [0, 0.05) is 6.54 Å². The fourth-order valence-corrected chi connectivity index (χ4v) is 1.91. The van der Waals surface area contributed by atoms with Crippen LogP contribution in [0.1, 0.15) is 19.8 Å². The van der Waals surface area contributed by atoms with Crippen LogP contribution in [0.15, 0.2) is 54.6 Å². The average molecular weight is 312 g/mol. The molecular formula is C18H20N2O3. The van der Waals surface area contributed by atoms with E-state index in [1.54, 1.807) is 24.3 Å². The SMILES string of the molecule is CCCCNC(=O)C(=O)Nc1ccccc1Oc1ccccc1. The Morgan fingerprint density at radius 3 is 2.39 bits per heavy atom. The van der Waals surface area contributed by atoms with Crippen LogP contribution in [0.3, 0.4) is 0 Å². The first-order chi connectivity index (χ1) is 11.2. The van der Waals surface area contributed by atoms with Gasteiger partial charge in [0.15, 0.2) is 5.75 Å². The molecule has 0 atom stereocenters. The Balaban J connectivity index is 2.02. The maximum absolute atomic E-state index is 11.9. The number of hydrogen-bond donors (Lipinski definition) is 2. The predicted molar refractivity (Wildman–Crippen MR) is 89.5 cm³/mol. The number of para-hydroxylation sites is 3. The second kappa shape index (κ2) is 8.58. The van der Waals surface area contributed by atoms with Gasteiger partial charge in [0.25, 0.3) is 0 Å². The number of rotatable bonds is 6. The van der Waals surface area contributed by atoms with E-state index in [9.17, 15) is 9.59 Å². The first kappa shape index (κ1) is 16.5. The zero-order chi connectivity index (χ0) is 16.5. The quantitative estimate of drug-likeness (QED) is 0.635. The zero-order valence-electron chi connectivity index (χ0n) is 13.0. The molecule has 5 heteroatoms. The number of ether oxygens (including phenoxy) is 1. The van der Waals surface area contributed by atoms with Gasteiger partial charge in [-0.15, -0.1) is 0 Å². The van der Waals surface area contributed by atoms with Gasteiger partial charge in [0.05, 0.1) is 5.69 Å². The lowest BCUT2D eigenvalue weighted by molar-refractivity contribution is -0.136. The van der Waals surface area contributed by atoms with Crippen molar-refractivity contribution in [3.63, 3.8) is 0 Å². The molecule has 0 unspecified atom stereocenters. The van der Waals surface area contributed by atoms with Crippen LogP contribution < -0.4 is 15.4 Å². The minimum absolute atomic E-state index is 0.451. The Hall–Kier alpha value is -2.82. The summed E-state index contributed by atoms with van der Waals surface area (Å²) in [4.78, 5) is 23.7. The summed E-state index contributed by atoms with van der Waals surface area (Å²) in [6, 6.07) is 16.2. The summed E-state index contributed by atoms with van der Waals surface area (Å²) in [6.07, 6.45) is 1.79. The molecule has 120 valence electrons. The largest absolute Gasteiger partial charge is 0.455 e. The van der Waals surface area contributed by atoms with Crippen molar-refractivity contribution in [2.75, 3.05) is 11.9 Å². The third kappa shape index (κ3) is 5.14. The zero-order valence-corrected chi connectivity index (χ0v) is 13.0. The fraction of sp³-hybridized carbons (Fsp3) is 0.222. The summed E-state index contributed by atoms with van der Waals surface area (Å²) in [6.45, 7) is 2.51. The predicted octanol–water partition coefficient (Wildman–Crippen LogP) is 3.33. The highest BCUT2D eigenvalue weighted by atomic mass is 16.5. The maximum atomic E-state index is 11.9.